The van der Waals surface area contributed by atoms with Crippen LogP contribution in [0, 0.1) is 6.92 Å². The van der Waals surface area contributed by atoms with Crippen molar-refractivity contribution in [2.45, 2.75) is 19.3 Å². The van der Waals surface area contributed by atoms with Gasteiger partial charge in [-0.05, 0) is 36.2 Å². The molecular formula is C15H14ClN3. The van der Waals surface area contributed by atoms with Crippen LogP contribution in [0.4, 0.5) is 0 Å². The van der Waals surface area contributed by atoms with E-state index in [-0.39, 0.29) is 0 Å². The van der Waals surface area contributed by atoms with Crippen LogP contribution >= 0.6 is 11.6 Å². The molecule has 3 aromatic rings. The van der Waals surface area contributed by atoms with Gasteiger partial charge in [0.25, 0.3) is 0 Å². The molecule has 0 aliphatic carbocycles. The van der Waals surface area contributed by atoms with Gasteiger partial charge in [0, 0.05) is 18.9 Å². The van der Waals surface area contributed by atoms with Gasteiger partial charge < -0.3 is 4.57 Å². The molecule has 4 heteroatoms. The maximum Gasteiger partial charge on any atom is 0.125 e. The summed E-state index contributed by atoms with van der Waals surface area (Å²) in [5, 5.41) is 0. The topological polar surface area (TPSA) is 30.7 Å². The van der Waals surface area contributed by atoms with Crippen molar-refractivity contribution in [3.63, 3.8) is 0 Å². The summed E-state index contributed by atoms with van der Waals surface area (Å²) in [7, 11) is 0. The lowest BCUT2D eigenvalue weighted by molar-refractivity contribution is 0.777. The Morgan fingerprint density at radius 3 is 2.68 bits per heavy atom. The molecule has 0 N–H and O–H groups in total. The van der Waals surface area contributed by atoms with Gasteiger partial charge in [-0.3, -0.25) is 4.98 Å². The molecule has 0 bridgehead atoms. The van der Waals surface area contributed by atoms with Crippen molar-refractivity contribution in [1.82, 2.24) is 14.5 Å². The molecule has 1 aromatic carbocycles. The Kier molecular flexibility index (Phi) is 3.22. The highest BCUT2D eigenvalue weighted by Gasteiger charge is 2.11. The molecule has 0 spiro atoms. The summed E-state index contributed by atoms with van der Waals surface area (Å²) in [4.78, 5) is 8.68. The highest BCUT2D eigenvalue weighted by molar-refractivity contribution is 6.16. The molecule has 2 heterocycles. The number of fused-ring (bicyclic) bond motifs is 1. The van der Waals surface area contributed by atoms with E-state index >= 15 is 0 Å². The minimum Gasteiger partial charge on any atom is -0.322 e. The molecule has 96 valence electrons. The first kappa shape index (κ1) is 12.2. The average Bonchev–Trinajstić information content (AvgIpc) is 2.80. The van der Waals surface area contributed by atoms with Gasteiger partial charge in [-0.2, -0.15) is 0 Å². The van der Waals surface area contributed by atoms with Crippen LogP contribution in [0.25, 0.3) is 11.0 Å². The molecular weight excluding hydrogens is 258 g/mol. The number of alkyl halides is 1. The van der Waals surface area contributed by atoms with E-state index in [4.69, 9.17) is 11.6 Å². The predicted octanol–water partition coefficient (Wildman–Crippen LogP) is 3.53. The second-order valence-electron chi connectivity index (χ2n) is 4.55. The van der Waals surface area contributed by atoms with Crippen molar-refractivity contribution in [3.05, 3.63) is 59.7 Å². The molecule has 0 radical (unpaired) electrons. The summed E-state index contributed by atoms with van der Waals surface area (Å²) >= 11 is 6.03. The van der Waals surface area contributed by atoms with Crippen LogP contribution in [0.5, 0.6) is 0 Å². The molecule has 2 aromatic heterocycles. The van der Waals surface area contributed by atoms with E-state index < -0.39 is 0 Å². The molecule has 0 aliphatic heterocycles. The first-order valence-electron chi connectivity index (χ1n) is 6.19. The Labute approximate surface area is 116 Å². The SMILES string of the molecule is Cc1cccc2c1nc(CCl)n2Cc1ccncc1. The lowest BCUT2D eigenvalue weighted by atomic mass is 10.2. The summed E-state index contributed by atoms with van der Waals surface area (Å²) in [6.45, 7) is 2.84. The molecule has 0 fully saturated rings. The Morgan fingerprint density at radius 1 is 1.16 bits per heavy atom. The number of aromatic nitrogens is 3. The highest BCUT2D eigenvalue weighted by atomic mass is 35.5. The summed E-state index contributed by atoms with van der Waals surface area (Å²) in [6, 6.07) is 10.2. The van der Waals surface area contributed by atoms with E-state index in [9.17, 15) is 0 Å². The lowest BCUT2D eigenvalue weighted by Crippen LogP contribution is -2.03. The number of halogens is 1. The van der Waals surface area contributed by atoms with Gasteiger partial charge in [0.15, 0.2) is 0 Å². The highest BCUT2D eigenvalue weighted by Crippen LogP contribution is 2.21. The van der Waals surface area contributed by atoms with Crippen LogP contribution in [-0.4, -0.2) is 14.5 Å². The summed E-state index contributed by atoms with van der Waals surface area (Å²) in [5.74, 6) is 1.32. The minimum atomic E-state index is 0.416. The van der Waals surface area contributed by atoms with E-state index in [2.05, 4.69) is 39.7 Å². The minimum absolute atomic E-state index is 0.416. The third-order valence-electron chi connectivity index (χ3n) is 3.27. The molecule has 0 unspecified atom stereocenters. The smallest absolute Gasteiger partial charge is 0.125 e. The van der Waals surface area contributed by atoms with Crippen LogP contribution in [0.2, 0.25) is 0 Å². The normalized spacial score (nSPS) is 11.1. The molecule has 0 aliphatic rings. The third kappa shape index (κ3) is 2.22. The Hall–Kier alpha value is -1.87. The lowest BCUT2D eigenvalue weighted by Gasteiger charge is -2.07. The van der Waals surface area contributed by atoms with Crippen molar-refractivity contribution in [1.29, 1.82) is 0 Å². The van der Waals surface area contributed by atoms with Gasteiger partial charge >= 0.3 is 0 Å². The fourth-order valence-corrected chi connectivity index (χ4v) is 2.49. The van der Waals surface area contributed by atoms with E-state index in [1.54, 1.807) is 12.4 Å². The number of para-hydroxylation sites is 1. The Bertz CT molecular complexity index is 704. The van der Waals surface area contributed by atoms with E-state index in [1.165, 1.54) is 11.1 Å². The Balaban J connectivity index is 2.14. The summed E-state index contributed by atoms with van der Waals surface area (Å²) < 4.78 is 2.17. The number of nitrogens with zero attached hydrogens (tertiary/aromatic N) is 3. The number of hydrogen-bond acceptors (Lipinski definition) is 2. The molecule has 0 amide bonds. The largest absolute Gasteiger partial charge is 0.322 e. The summed E-state index contributed by atoms with van der Waals surface area (Å²) in [5.41, 5.74) is 4.54. The zero-order chi connectivity index (χ0) is 13.2. The Morgan fingerprint density at radius 2 is 1.95 bits per heavy atom. The maximum absolute atomic E-state index is 6.03. The van der Waals surface area contributed by atoms with Gasteiger partial charge in [0.1, 0.15) is 5.82 Å². The number of benzene rings is 1. The fourth-order valence-electron chi connectivity index (χ4n) is 2.28. The standard InChI is InChI=1S/C15H14ClN3/c1-11-3-2-4-13-15(11)18-14(9-16)19(13)10-12-5-7-17-8-6-12/h2-8H,9-10H2,1H3. The quantitative estimate of drug-likeness (QED) is 0.683. The van der Waals surface area contributed by atoms with Gasteiger partial charge in [0.05, 0.1) is 16.9 Å². The number of rotatable bonds is 3. The monoisotopic (exact) mass is 271 g/mol. The molecule has 0 saturated carbocycles. The molecule has 19 heavy (non-hydrogen) atoms. The predicted molar refractivity (Wildman–Crippen MR) is 77.4 cm³/mol. The number of imidazole rings is 1. The van der Waals surface area contributed by atoms with E-state index in [1.807, 2.05) is 12.1 Å². The number of aryl methyl sites for hydroxylation is 1. The number of pyridine rings is 1. The second-order valence-corrected chi connectivity index (χ2v) is 4.81. The van der Waals surface area contributed by atoms with Crippen molar-refractivity contribution in [2.24, 2.45) is 0 Å². The average molecular weight is 272 g/mol. The van der Waals surface area contributed by atoms with Crippen LogP contribution < -0.4 is 0 Å². The van der Waals surface area contributed by atoms with Gasteiger partial charge in [-0.15, -0.1) is 11.6 Å². The molecule has 0 atom stereocenters. The number of hydrogen-bond donors (Lipinski definition) is 0. The zero-order valence-corrected chi connectivity index (χ0v) is 11.4. The second kappa shape index (κ2) is 5.02. The van der Waals surface area contributed by atoms with Gasteiger partial charge in [-0.1, -0.05) is 12.1 Å². The molecule has 3 rings (SSSR count). The van der Waals surface area contributed by atoms with E-state index in [0.717, 1.165) is 23.4 Å². The van der Waals surface area contributed by atoms with Gasteiger partial charge in [0.2, 0.25) is 0 Å². The molecule has 0 saturated heterocycles. The summed E-state index contributed by atoms with van der Waals surface area (Å²) in [6.07, 6.45) is 3.61. The maximum atomic E-state index is 6.03. The van der Waals surface area contributed by atoms with E-state index in [0.29, 0.717) is 5.88 Å². The van der Waals surface area contributed by atoms with Gasteiger partial charge in [-0.25, -0.2) is 4.98 Å². The van der Waals surface area contributed by atoms with Crippen molar-refractivity contribution in [3.8, 4) is 0 Å². The first-order chi connectivity index (χ1) is 9.29. The van der Waals surface area contributed by atoms with Crippen molar-refractivity contribution >= 4 is 22.6 Å². The fraction of sp³-hybridized carbons (Fsp3) is 0.200. The van der Waals surface area contributed by atoms with Crippen LogP contribution in [0.3, 0.4) is 0 Å². The zero-order valence-electron chi connectivity index (χ0n) is 10.7. The van der Waals surface area contributed by atoms with Crippen LogP contribution in [-0.2, 0) is 12.4 Å². The molecule has 3 nitrogen and oxygen atoms in total. The van der Waals surface area contributed by atoms with Crippen LogP contribution in [0.1, 0.15) is 17.0 Å². The third-order valence-corrected chi connectivity index (χ3v) is 3.51. The first-order valence-corrected chi connectivity index (χ1v) is 6.72. The van der Waals surface area contributed by atoms with Crippen molar-refractivity contribution < 1.29 is 0 Å². The van der Waals surface area contributed by atoms with Crippen molar-refractivity contribution in [2.75, 3.05) is 0 Å². The van der Waals surface area contributed by atoms with Crippen LogP contribution in [0.15, 0.2) is 42.7 Å².